The minimum Gasteiger partial charge on any atom is -0.507 e. The average Bonchev–Trinajstić information content (AvgIpc) is 3.40. The number of nitrogens with zero attached hydrogens (tertiary/aromatic N) is 2. The lowest BCUT2D eigenvalue weighted by Crippen LogP contribution is -2.29. The van der Waals surface area contributed by atoms with Crippen molar-refractivity contribution in [3.8, 4) is 5.75 Å². The van der Waals surface area contributed by atoms with E-state index >= 15 is 0 Å². The molecule has 5 rings (SSSR count). The number of hydrogen-bond donors (Lipinski definition) is 1. The summed E-state index contributed by atoms with van der Waals surface area (Å²) < 4.78 is 19.6. The van der Waals surface area contributed by atoms with E-state index in [2.05, 4.69) is 25.8 Å². The number of fused-ring (bicyclic) bond motifs is 1. The van der Waals surface area contributed by atoms with Gasteiger partial charge in [0, 0.05) is 5.56 Å². The zero-order valence-electron chi connectivity index (χ0n) is 20.8. The van der Waals surface area contributed by atoms with Crippen LogP contribution in [0, 0.1) is 5.82 Å². The van der Waals surface area contributed by atoms with Gasteiger partial charge in [-0.15, -0.1) is 0 Å². The Morgan fingerprint density at radius 1 is 1.03 bits per heavy atom. The summed E-state index contributed by atoms with van der Waals surface area (Å²) in [4.78, 5) is 32.6. The van der Waals surface area contributed by atoms with Crippen molar-refractivity contribution in [3.63, 3.8) is 0 Å². The van der Waals surface area contributed by atoms with E-state index in [1.54, 1.807) is 24.3 Å². The summed E-state index contributed by atoms with van der Waals surface area (Å²) in [5.74, 6) is -1.74. The van der Waals surface area contributed by atoms with Crippen molar-refractivity contribution in [2.45, 2.75) is 32.2 Å². The van der Waals surface area contributed by atoms with Crippen molar-refractivity contribution in [1.29, 1.82) is 0 Å². The van der Waals surface area contributed by atoms with Crippen LogP contribution in [0.25, 0.3) is 16.0 Å². The molecule has 6 nitrogen and oxygen atoms in total. The fourth-order valence-electron chi connectivity index (χ4n) is 4.40. The van der Waals surface area contributed by atoms with E-state index < -0.39 is 23.5 Å². The van der Waals surface area contributed by atoms with Crippen molar-refractivity contribution < 1.29 is 23.8 Å². The van der Waals surface area contributed by atoms with Crippen LogP contribution in [0.3, 0.4) is 0 Å². The second-order valence-corrected chi connectivity index (χ2v) is 10.9. The molecule has 3 aromatic carbocycles. The number of aromatic nitrogens is 1. The SMILES string of the molecule is COc1ccc(C(O)=C2C(=O)C(=O)N(c3nc4ccc(F)cc4s3)[C@H]2c2ccc(C(C)(C)C)cc2)cc1. The van der Waals surface area contributed by atoms with E-state index in [9.17, 15) is 19.1 Å². The Bertz CT molecular complexity index is 1550. The van der Waals surface area contributed by atoms with Gasteiger partial charge in [-0.1, -0.05) is 56.4 Å². The number of Topliss-reactive ketones (excluding diaryl/α,β-unsaturated/α-hetero) is 1. The zero-order valence-corrected chi connectivity index (χ0v) is 21.6. The molecule has 0 spiro atoms. The fourth-order valence-corrected chi connectivity index (χ4v) is 5.42. The maximum atomic E-state index is 13.8. The van der Waals surface area contributed by atoms with Crippen LogP contribution in [-0.4, -0.2) is 28.9 Å². The number of ketones is 1. The minimum absolute atomic E-state index is 0.0379. The maximum absolute atomic E-state index is 13.8. The smallest absolute Gasteiger partial charge is 0.301 e. The number of anilines is 1. The number of rotatable bonds is 4. The summed E-state index contributed by atoms with van der Waals surface area (Å²) >= 11 is 1.12. The Balaban J connectivity index is 1.70. The van der Waals surface area contributed by atoms with E-state index in [1.807, 2.05) is 24.3 Å². The van der Waals surface area contributed by atoms with Gasteiger partial charge in [0.25, 0.3) is 5.78 Å². The van der Waals surface area contributed by atoms with Crippen LogP contribution in [-0.2, 0) is 15.0 Å². The number of thiazole rings is 1. The predicted octanol–water partition coefficient (Wildman–Crippen LogP) is 6.37. The van der Waals surface area contributed by atoms with E-state index in [0.29, 0.717) is 27.1 Å². The molecule has 1 N–H and O–H groups in total. The van der Waals surface area contributed by atoms with Crippen LogP contribution in [0.2, 0.25) is 0 Å². The summed E-state index contributed by atoms with van der Waals surface area (Å²) in [6.45, 7) is 6.29. The molecule has 0 unspecified atom stereocenters. The molecule has 1 aliphatic rings. The number of halogens is 1. The van der Waals surface area contributed by atoms with Crippen LogP contribution in [0.5, 0.6) is 5.75 Å². The molecule has 1 aromatic heterocycles. The van der Waals surface area contributed by atoms with Crippen molar-refractivity contribution in [2.24, 2.45) is 0 Å². The average molecular weight is 517 g/mol. The summed E-state index contributed by atoms with van der Waals surface area (Å²) in [5, 5.41) is 11.6. The van der Waals surface area contributed by atoms with Crippen LogP contribution >= 0.6 is 11.3 Å². The second kappa shape index (κ2) is 9.12. The number of aliphatic hydroxyl groups excluding tert-OH is 1. The topological polar surface area (TPSA) is 79.7 Å². The number of hydrogen-bond acceptors (Lipinski definition) is 6. The van der Waals surface area contributed by atoms with Gasteiger partial charge in [0.15, 0.2) is 5.13 Å². The van der Waals surface area contributed by atoms with Gasteiger partial charge in [-0.3, -0.25) is 14.5 Å². The molecule has 1 aliphatic heterocycles. The number of carbonyl (C=O) groups excluding carboxylic acids is 2. The quantitative estimate of drug-likeness (QED) is 0.194. The van der Waals surface area contributed by atoms with Crippen LogP contribution in [0.15, 0.2) is 72.3 Å². The molecular formula is C29H25FN2O4S. The molecular weight excluding hydrogens is 491 g/mol. The third-order valence-corrected chi connectivity index (χ3v) is 7.46. The highest BCUT2D eigenvalue weighted by atomic mass is 32.1. The third kappa shape index (κ3) is 4.38. The molecule has 0 radical (unpaired) electrons. The van der Waals surface area contributed by atoms with E-state index in [1.165, 1.54) is 30.2 Å². The van der Waals surface area contributed by atoms with Gasteiger partial charge < -0.3 is 9.84 Å². The molecule has 1 amide bonds. The largest absolute Gasteiger partial charge is 0.507 e. The van der Waals surface area contributed by atoms with Crippen LogP contribution in [0.4, 0.5) is 9.52 Å². The Morgan fingerprint density at radius 2 is 1.70 bits per heavy atom. The van der Waals surface area contributed by atoms with Crippen LogP contribution in [0.1, 0.15) is 43.5 Å². The highest BCUT2D eigenvalue weighted by molar-refractivity contribution is 7.22. The molecule has 0 aliphatic carbocycles. The Labute approximate surface area is 217 Å². The lowest BCUT2D eigenvalue weighted by Gasteiger charge is -2.24. The van der Waals surface area contributed by atoms with Gasteiger partial charge in [0.2, 0.25) is 0 Å². The molecule has 4 aromatic rings. The number of ether oxygens (including phenoxy) is 1. The highest BCUT2D eigenvalue weighted by Gasteiger charge is 2.48. The third-order valence-electron chi connectivity index (χ3n) is 6.45. The molecule has 1 atom stereocenters. The summed E-state index contributed by atoms with van der Waals surface area (Å²) in [7, 11) is 1.53. The first-order valence-electron chi connectivity index (χ1n) is 11.7. The molecule has 37 heavy (non-hydrogen) atoms. The summed E-state index contributed by atoms with van der Waals surface area (Å²) in [6, 6.07) is 17.5. The van der Waals surface area contributed by atoms with Crippen molar-refractivity contribution in [1.82, 2.24) is 4.98 Å². The van der Waals surface area contributed by atoms with Crippen LogP contribution < -0.4 is 9.64 Å². The number of aliphatic hydroxyl groups is 1. The highest BCUT2D eigenvalue weighted by Crippen LogP contribution is 2.44. The van der Waals surface area contributed by atoms with Crippen molar-refractivity contribution >= 4 is 44.1 Å². The Kier molecular flexibility index (Phi) is 6.07. The second-order valence-electron chi connectivity index (χ2n) is 9.88. The molecule has 1 fully saturated rings. The Hall–Kier alpha value is -4.04. The van der Waals surface area contributed by atoms with Gasteiger partial charge in [0.05, 0.1) is 28.9 Å². The molecule has 1 saturated heterocycles. The Morgan fingerprint density at radius 3 is 2.32 bits per heavy atom. The first kappa shape index (κ1) is 24.6. The lowest BCUT2D eigenvalue weighted by molar-refractivity contribution is -0.132. The molecule has 188 valence electrons. The normalized spacial score (nSPS) is 17.5. The van der Waals surface area contributed by atoms with Gasteiger partial charge in [-0.2, -0.15) is 0 Å². The molecule has 2 heterocycles. The molecule has 0 saturated carbocycles. The summed E-state index contributed by atoms with van der Waals surface area (Å²) in [6.07, 6.45) is 0. The first-order valence-corrected chi connectivity index (χ1v) is 12.5. The predicted molar refractivity (Wildman–Crippen MR) is 142 cm³/mol. The van der Waals surface area contributed by atoms with Gasteiger partial charge in [-0.05, 0) is 59.0 Å². The minimum atomic E-state index is -0.915. The zero-order chi connectivity index (χ0) is 26.5. The van der Waals surface area contributed by atoms with E-state index in [4.69, 9.17) is 4.74 Å². The first-order chi connectivity index (χ1) is 17.6. The summed E-state index contributed by atoms with van der Waals surface area (Å²) in [5.41, 5.74) is 2.48. The standard InChI is InChI=1S/C29H25FN2O4S/c1-29(2,3)18-9-5-16(6-10-18)24-23(25(33)17-7-12-20(36-4)13-8-17)26(34)27(35)32(24)28-31-21-14-11-19(30)15-22(21)37-28/h5-15,24,33H,1-4H3/t24-/m0/s1. The van der Waals surface area contributed by atoms with Crippen molar-refractivity contribution in [3.05, 3.63) is 94.8 Å². The van der Waals surface area contributed by atoms with Crippen molar-refractivity contribution in [2.75, 3.05) is 12.0 Å². The van der Waals surface area contributed by atoms with E-state index in [-0.39, 0.29) is 21.9 Å². The fraction of sp³-hybridized carbons (Fsp3) is 0.207. The molecule has 8 heteroatoms. The van der Waals surface area contributed by atoms with Gasteiger partial charge in [-0.25, -0.2) is 9.37 Å². The number of methoxy groups -OCH3 is 1. The van der Waals surface area contributed by atoms with E-state index in [0.717, 1.165) is 16.9 Å². The maximum Gasteiger partial charge on any atom is 0.301 e. The number of amides is 1. The number of benzene rings is 3. The monoisotopic (exact) mass is 516 g/mol. The van der Waals surface area contributed by atoms with Gasteiger partial charge >= 0.3 is 5.91 Å². The lowest BCUT2D eigenvalue weighted by atomic mass is 9.85. The van der Waals surface area contributed by atoms with Gasteiger partial charge in [0.1, 0.15) is 17.3 Å². The molecule has 0 bridgehead atoms. The number of carbonyl (C=O) groups is 2.